The Balaban J connectivity index is 1.95. The minimum absolute atomic E-state index is 0.235. The highest BCUT2D eigenvalue weighted by molar-refractivity contribution is 7.88. The van der Waals surface area contributed by atoms with Gasteiger partial charge in [-0.25, -0.2) is 12.7 Å². The van der Waals surface area contributed by atoms with E-state index in [0.717, 1.165) is 24.2 Å². The maximum Gasteiger partial charge on any atom is 0.211 e. The van der Waals surface area contributed by atoms with Crippen molar-refractivity contribution in [2.24, 2.45) is 5.92 Å². The van der Waals surface area contributed by atoms with E-state index >= 15 is 0 Å². The zero-order chi connectivity index (χ0) is 14.8. The topological polar surface area (TPSA) is 72.6 Å². The molecule has 1 atom stereocenters. The van der Waals surface area contributed by atoms with Gasteiger partial charge in [0.2, 0.25) is 10.0 Å². The summed E-state index contributed by atoms with van der Waals surface area (Å²) in [6, 6.07) is 5.60. The molecule has 1 unspecified atom stereocenters. The van der Waals surface area contributed by atoms with Crippen LogP contribution in [0.25, 0.3) is 0 Å². The number of nitrogen functional groups attached to an aromatic ring is 1. The molecule has 1 saturated heterocycles. The van der Waals surface area contributed by atoms with Gasteiger partial charge in [-0.15, -0.1) is 0 Å². The monoisotopic (exact) mass is 298 g/mol. The molecule has 1 aromatic rings. The standard InChI is InChI=1S/C14H22N2O3S/c1-11-13(15)6-3-7-14(11)19-10-12-5-4-8-16(9-12)20(2,17)18/h3,6-7,12H,4-5,8-10,15H2,1-2H3. The molecular weight excluding hydrogens is 276 g/mol. The van der Waals surface area contributed by atoms with E-state index in [9.17, 15) is 8.42 Å². The molecule has 1 heterocycles. The average Bonchev–Trinajstić information content (AvgIpc) is 2.40. The zero-order valence-corrected chi connectivity index (χ0v) is 12.8. The van der Waals surface area contributed by atoms with Gasteiger partial charge in [0.05, 0.1) is 12.9 Å². The lowest BCUT2D eigenvalue weighted by Gasteiger charge is -2.30. The summed E-state index contributed by atoms with van der Waals surface area (Å²) in [7, 11) is -3.10. The number of anilines is 1. The molecular formula is C14H22N2O3S. The van der Waals surface area contributed by atoms with Crippen LogP contribution in [0.15, 0.2) is 18.2 Å². The van der Waals surface area contributed by atoms with Crippen molar-refractivity contribution in [2.75, 3.05) is 31.7 Å². The van der Waals surface area contributed by atoms with Crippen molar-refractivity contribution in [1.82, 2.24) is 4.31 Å². The zero-order valence-electron chi connectivity index (χ0n) is 12.0. The van der Waals surface area contributed by atoms with Crippen molar-refractivity contribution in [3.05, 3.63) is 23.8 Å². The summed E-state index contributed by atoms with van der Waals surface area (Å²) in [5.74, 6) is 1.01. The molecule has 112 valence electrons. The maximum atomic E-state index is 11.6. The van der Waals surface area contributed by atoms with Gasteiger partial charge in [0, 0.05) is 30.3 Å². The van der Waals surface area contributed by atoms with Crippen LogP contribution in [-0.4, -0.2) is 38.7 Å². The number of rotatable bonds is 4. The van der Waals surface area contributed by atoms with Gasteiger partial charge in [0.25, 0.3) is 0 Å². The first-order valence-electron chi connectivity index (χ1n) is 6.81. The third-order valence-corrected chi connectivity index (χ3v) is 5.02. The predicted molar refractivity (Wildman–Crippen MR) is 80.2 cm³/mol. The highest BCUT2D eigenvalue weighted by Gasteiger charge is 2.26. The Bertz CT molecular complexity index is 572. The number of sulfonamides is 1. The van der Waals surface area contributed by atoms with Crippen LogP contribution < -0.4 is 10.5 Å². The first kappa shape index (κ1) is 15.1. The van der Waals surface area contributed by atoms with Crippen molar-refractivity contribution in [1.29, 1.82) is 0 Å². The highest BCUT2D eigenvalue weighted by Crippen LogP contribution is 2.25. The molecule has 0 bridgehead atoms. The summed E-state index contributed by atoms with van der Waals surface area (Å²) in [6.45, 7) is 3.61. The Morgan fingerprint density at radius 1 is 1.45 bits per heavy atom. The Labute approximate surface area is 120 Å². The van der Waals surface area contributed by atoms with E-state index in [4.69, 9.17) is 10.5 Å². The molecule has 1 fully saturated rings. The molecule has 2 rings (SSSR count). The van der Waals surface area contributed by atoms with Crippen LogP contribution >= 0.6 is 0 Å². The van der Waals surface area contributed by atoms with Gasteiger partial charge in [-0.1, -0.05) is 6.07 Å². The average molecular weight is 298 g/mol. The van der Waals surface area contributed by atoms with E-state index < -0.39 is 10.0 Å². The largest absolute Gasteiger partial charge is 0.493 e. The van der Waals surface area contributed by atoms with E-state index in [1.807, 2.05) is 25.1 Å². The molecule has 1 aromatic carbocycles. The number of benzene rings is 1. The van der Waals surface area contributed by atoms with E-state index in [2.05, 4.69) is 0 Å². The summed E-state index contributed by atoms with van der Waals surface area (Å²) in [4.78, 5) is 0. The van der Waals surface area contributed by atoms with Crippen LogP contribution in [0.1, 0.15) is 18.4 Å². The quantitative estimate of drug-likeness (QED) is 0.858. The molecule has 5 nitrogen and oxygen atoms in total. The van der Waals surface area contributed by atoms with Crippen molar-refractivity contribution in [2.45, 2.75) is 19.8 Å². The number of nitrogens with zero attached hydrogens (tertiary/aromatic N) is 1. The summed E-state index contributed by atoms with van der Waals surface area (Å²) in [6.07, 6.45) is 3.14. The summed E-state index contributed by atoms with van der Waals surface area (Å²) in [5, 5.41) is 0. The molecule has 6 heteroatoms. The lowest BCUT2D eigenvalue weighted by atomic mass is 10.0. The SMILES string of the molecule is Cc1c(N)cccc1OCC1CCCN(S(C)(=O)=O)C1. The third-order valence-electron chi connectivity index (χ3n) is 3.75. The molecule has 20 heavy (non-hydrogen) atoms. The van der Waals surface area contributed by atoms with Crippen LogP contribution in [0.2, 0.25) is 0 Å². The van der Waals surface area contributed by atoms with Crippen LogP contribution in [-0.2, 0) is 10.0 Å². The highest BCUT2D eigenvalue weighted by atomic mass is 32.2. The van der Waals surface area contributed by atoms with E-state index in [1.54, 1.807) is 0 Å². The number of piperidine rings is 1. The molecule has 1 aliphatic heterocycles. The fraction of sp³-hybridized carbons (Fsp3) is 0.571. The molecule has 0 amide bonds. The number of nitrogens with two attached hydrogens (primary N) is 1. The van der Waals surface area contributed by atoms with Crippen LogP contribution in [0.4, 0.5) is 5.69 Å². The first-order valence-corrected chi connectivity index (χ1v) is 8.66. The summed E-state index contributed by atoms with van der Waals surface area (Å²) < 4.78 is 30.5. The number of ether oxygens (including phenoxy) is 1. The van der Waals surface area contributed by atoms with Gasteiger partial charge in [0.15, 0.2) is 0 Å². The Morgan fingerprint density at radius 2 is 2.20 bits per heavy atom. The van der Waals surface area contributed by atoms with E-state index in [1.165, 1.54) is 10.6 Å². The van der Waals surface area contributed by atoms with Gasteiger partial charge < -0.3 is 10.5 Å². The molecule has 0 spiro atoms. The van der Waals surface area contributed by atoms with Crippen LogP contribution in [0, 0.1) is 12.8 Å². The molecule has 0 radical (unpaired) electrons. The van der Waals surface area contributed by atoms with Gasteiger partial charge in [-0.3, -0.25) is 0 Å². The lowest BCUT2D eigenvalue weighted by molar-refractivity contribution is 0.180. The van der Waals surface area contributed by atoms with Gasteiger partial charge in [0.1, 0.15) is 5.75 Å². The fourth-order valence-electron chi connectivity index (χ4n) is 2.46. The van der Waals surface area contributed by atoms with Gasteiger partial charge >= 0.3 is 0 Å². The molecule has 0 saturated carbocycles. The molecule has 2 N–H and O–H groups in total. The van der Waals surface area contributed by atoms with E-state index in [0.29, 0.717) is 25.4 Å². The van der Waals surface area contributed by atoms with Crippen molar-refractivity contribution >= 4 is 15.7 Å². The lowest BCUT2D eigenvalue weighted by Crippen LogP contribution is -2.40. The Kier molecular flexibility index (Phi) is 4.55. The van der Waals surface area contributed by atoms with Crippen molar-refractivity contribution < 1.29 is 13.2 Å². The Morgan fingerprint density at radius 3 is 2.90 bits per heavy atom. The summed E-state index contributed by atoms with van der Waals surface area (Å²) >= 11 is 0. The van der Waals surface area contributed by atoms with Crippen LogP contribution in [0.5, 0.6) is 5.75 Å². The smallest absolute Gasteiger partial charge is 0.211 e. The van der Waals surface area contributed by atoms with E-state index in [-0.39, 0.29) is 5.92 Å². The second-order valence-corrected chi connectivity index (χ2v) is 7.39. The second-order valence-electron chi connectivity index (χ2n) is 5.41. The first-order chi connectivity index (χ1) is 9.38. The minimum Gasteiger partial charge on any atom is -0.493 e. The maximum absolute atomic E-state index is 11.6. The van der Waals surface area contributed by atoms with Crippen molar-refractivity contribution in [3.8, 4) is 5.75 Å². The Hall–Kier alpha value is -1.27. The van der Waals surface area contributed by atoms with Gasteiger partial charge in [-0.2, -0.15) is 0 Å². The molecule has 1 aliphatic rings. The summed E-state index contributed by atoms with van der Waals surface area (Å²) in [5.41, 5.74) is 7.49. The minimum atomic E-state index is -3.10. The number of hydrogen-bond acceptors (Lipinski definition) is 4. The van der Waals surface area contributed by atoms with Crippen LogP contribution in [0.3, 0.4) is 0 Å². The number of hydrogen-bond donors (Lipinski definition) is 1. The van der Waals surface area contributed by atoms with Crippen molar-refractivity contribution in [3.63, 3.8) is 0 Å². The van der Waals surface area contributed by atoms with Gasteiger partial charge in [-0.05, 0) is 31.9 Å². The predicted octanol–water partition coefficient (Wildman–Crippen LogP) is 1.63. The second kappa shape index (κ2) is 6.01. The molecule has 0 aromatic heterocycles. The molecule has 0 aliphatic carbocycles. The third kappa shape index (κ3) is 3.64. The fourth-order valence-corrected chi connectivity index (χ4v) is 3.40. The normalized spacial score (nSPS) is 20.8.